The van der Waals surface area contributed by atoms with Gasteiger partial charge in [-0.05, 0) is 45.7 Å². The molecule has 1 unspecified atom stereocenters. The SMILES string of the molecule is Cc1cc(N2CCCN3CCCC3C2)c(C(=N)N)c(C)n1. The lowest BCUT2D eigenvalue weighted by Crippen LogP contribution is -2.37. The zero-order valence-electron chi connectivity index (χ0n) is 13.0. The van der Waals surface area contributed by atoms with Crippen LogP contribution in [0, 0.1) is 19.3 Å². The van der Waals surface area contributed by atoms with E-state index in [4.69, 9.17) is 11.1 Å². The predicted molar refractivity (Wildman–Crippen MR) is 86.2 cm³/mol. The van der Waals surface area contributed by atoms with E-state index in [1.165, 1.54) is 32.4 Å². The molecule has 3 rings (SSSR count). The van der Waals surface area contributed by atoms with Gasteiger partial charge in [-0.3, -0.25) is 15.3 Å². The summed E-state index contributed by atoms with van der Waals surface area (Å²) in [6, 6.07) is 2.75. The van der Waals surface area contributed by atoms with Crippen LogP contribution in [0.25, 0.3) is 0 Å². The third-order valence-corrected chi connectivity index (χ3v) is 4.72. The van der Waals surface area contributed by atoms with Crippen molar-refractivity contribution >= 4 is 11.5 Å². The molecule has 21 heavy (non-hydrogen) atoms. The van der Waals surface area contributed by atoms with Gasteiger partial charge in [-0.2, -0.15) is 0 Å². The number of hydrogen-bond donors (Lipinski definition) is 2. The van der Waals surface area contributed by atoms with Gasteiger partial charge in [-0.1, -0.05) is 0 Å². The van der Waals surface area contributed by atoms with E-state index in [1.54, 1.807) is 0 Å². The van der Waals surface area contributed by atoms with Gasteiger partial charge in [0.05, 0.1) is 16.9 Å². The van der Waals surface area contributed by atoms with E-state index in [9.17, 15) is 0 Å². The Kier molecular flexibility index (Phi) is 3.85. The van der Waals surface area contributed by atoms with Crippen molar-refractivity contribution in [1.29, 1.82) is 5.41 Å². The lowest BCUT2D eigenvalue weighted by atomic mass is 10.1. The van der Waals surface area contributed by atoms with Crippen LogP contribution in [0.5, 0.6) is 0 Å². The lowest BCUT2D eigenvalue weighted by Gasteiger charge is -2.29. The molecule has 1 atom stereocenters. The van der Waals surface area contributed by atoms with Crippen molar-refractivity contribution in [2.45, 2.75) is 39.2 Å². The molecule has 5 heteroatoms. The molecule has 0 amide bonds. The maximum Gasteiger partial charge on any atom is 0.126 e. The van der Waals surface area contributed by atoms with Gasteiger partial charge in [-0.25, -0.2) is 0 Å². The Hall–Kier alpha value is -1.62. The van der Waals surface area contributed by atoms with E-state index in [0.29, 0.717) is 6.04 Å². The molecule has 0 aromatic carbocycles. The second kappa shape index (κ2) is 5.64. The first-order chi connectivity index (χ1) is 10.1. The van der Waals surface area contributed by atoms with Crippen LogP contribution in [0.2, 0.25) is 0 Å². The average Bonchev–Trinajstić information content (AvgIpc) is 2.74. The number of rotatable bonds is 2. The van der Waals surface area contributed by atoms with Crippen molar-refractivity contribution < 1.29 is 0 Å². The van der Waals surface area contributed by atoms with Crippen molar-refractivity contribution in [2.24, 2.45) is 5.73 Å². The molecular weight excluding hydrogens is 262 g/mol. The Labute approximate surface area is 126 Å². The fourth-order valence-electron chi connectivity index (χ4n) is 3.82. The molecule has 0 spiro atoms. The first-order valence-corrected chi connectivity index (χ1v) is 7.88. The van der Waals surface area contributed by atoms with Crippen LogP contribution in [-0.4, -0.2) is 47.9 Å². The number of nitrogens with two attached hydrogens (primary N) is 1. The van der Waals surface area contributed by atoms with Gasteiger partial charge in [0.25, 0.3) is 0 Å². The second-order valence-corrected chi connectivity index (χ2v) is 6.29. The summed E-state index contributed by atoms with van der Waals surface area (Å²) in [5.74, 6) is 0.127. The molecule has 2 saturated heterocycles. The molecule has 0 radical (unpaired) electrons. The number of nitrogens with zero attached hydrogens (tertiary/aromatic N) is 3. The van der Waals surface area contributed by atoms with E-state index in [-0.39, 0.29) is 5.84 Å². The van der Waals surface area contributed by atoms with Gasteiger partial charge in [-0.15, -0.1) is 0 Å². The predicted octanol–water partition coefficient (Wildman–Crippen LogP) is 1.66. The van der Waals surface area contributed by atoms with Crippen molar-refractivity contribution in [3.63, 3.8) is 0 Å². The van der Waals surface area contributed by atoms with Crippen LogP contribution < -0.4 is 10.6 Å². The molecule has 5 nitrogen and oxygen atoms in total. The minimum Gasteiger partial charge on any atom is -0.384 e. The number of anilines is 1. The molecule has 0 bridgehead atoms. The highest BCUT2D eigenvalue weighted by atomic mass is 15.3. The summed E-state index contributed by atoms with van der Waals surface area (Å²) in [6.45, 7) is 8.48. The van der Waals surface area contributed by atoms with Gasteiger partial charge in [0.1, 0.15) is 5.84 Å². The zero-order valence-corrected chi connectivity index (χ0v) is 13.0. The van der Waals surface area contributed by atoms with Crippen molar-refractivity contribution in [1.82, 2.24) is 9.88 Å². The number of pyridine rings is 1. The van der Waals surface area contributed by atoms with Crippen molar-refractivity contribution in [3.8, 4) is 0 Å². The summed E-state index contributed by atoms with van der Waals surface area (Å²) >= 11 is 0. The summed E-state index contributed by atoms with van der Waals surface area (Å²) < 4.78 is 0. The Balaban J connectivity index is 1.97. The summed E-state index contributed by atoms with van der Waals surface area (Å²) in [4.78, 5) is 9.53. The van der Waals surface area contributed by atoms with E-state index in [2.05, 4.69) is 20.9 Å². The van der Waals surface area contributed by atoms with Gasteiger partial charge in [0.15, 0.2) is 0 Å². The van der Waals surface area contributed by atoms with Crippen LogP contribution >= 0.6 is 0 Å². The smallest absolute Gasteiger partial charge is 0.126 e. The van der Waals surface area contributed by atoms with E-state index >= 15 is 0 Å². The fourth-order valence-corrected chi connectivity index (χ4v) is 3.82. The molecule has 0 saturated carbocycles. The number of fused-ring (bicyclic) bond motifs is 1. The first-order valence-electron chi connectivity index (χ1n) is 7.88. The summed E-state index contributed by atoms with van der Waals surface area (Å²) in [5.41, 5.74) is 9.60. The fraction of sp³-hybridized carbons (Fsp3) is 0.625. The van der Waals surface area contributed by atoms with Gasteiger partial charge in [0.2, 0.25) is 0 Å². The van der Waals surface area contributed by atoms with Crippen molar-refractivity contribution in [2.75, 3.05) is 31.1 Å². The Morgan fingerprint density at radius 2 is 2.05 bits per heavy atom. The highest BCUT2D eigenvalue weighted by molar-refractivity contribution is 6.01. The third kappa shape index (κ3) is 2.75. The minimum absolute atomic E-state index is 0.127. The third-order valence-electron chi connectivity index (χ3n) is 4.72. The molecule has 1 aromatic heterocycles. The Morgan fingerprint density at radius 1 is 1.29 bits per heavy atom. The van der Waals surface area contributed by atoms with Crippen LogP contribution in [0.1, 0.15) is 36.2 Å². The molecule has 1 aromatic rings. The summed E-state index contributed by atoms with van der Waals surface area (Å²) in [5, 5.41) is 7.91. The first kappa shape index (κ1) is 14.3. The van der Waals surface area contributed by atoms with Gasteiger partial charge < -0.3 is 10.6 Å². The largest absolute Gasteiger partial charge is 0.384 e. The standard InChI is InChI=1S/C16H25N5/c1-11-9-14(15(16(17)18)12(2)19-11)21-8-4-7-20-6-3-5-13(20)10-21/h9,13H,3-8,10H2,1-2H3,(H3,17,18). The Morgan fingerprint density at radius 3 is 2.81 bits per heavy atom. The Bertz CT molecular complexity index is 554. The number of amidine groups is 1. The minimum atomic E-state index is 0.127. The highest BCUT2D eigenvalue weighted by Crippen LogP contribution is 2.28. The van der Waals surface area contributed by atoms with Crippen LogP contribution in [0.4, 0.5) is 5.69 Å². The highest BCUT2D eigenvalue weighted by Gasteiger charge is 2.30. The maximum atomic E-state index is 7.91. The van der Waals surface area contributed by atoms with Crippen LogP contribution in [-0.2, 0) is 0 Å². The quantitative estimate of drug-likeness (QED) is 0.641. The number of nitrogens with one attached hydrogen (secondary N) is 1. The number of aryl methyl sites for hydroxylation is 2. The maximum absolute atomic E-state index is 7.91. The van der Waals surface area contributed by atoms with E-state index in [1.807, 2.05) is 13.8 Å². The molecule has 0 aliphatic carbocycles. The van der Waals surface area contributed by atoms with Gasteiger partial charge >= 0.3 is 0 Å². The molecule has 114 valence electrons. The zero-order chi connectivity index (χ0) is 15.0. The normalized spacial score (nSPS) is 23.0. The molecule has 3 heterocycles. The number of hydrogen-bond acceptors (Lipinski definition) is 4. The lowest BCUT2D eigenvalue weighted by molar-refractivity contribution is 0.273. The second-order valence-electron chi connectivity index (χ2n) is 6.29. The number of aromatic nitrogens is 1. The van der Waals surface area contributed by atoms with Crippen LogP contribution in [0.15, 0.2) is 6.07 Å². The summed E-state index contributed by atoms with van der Waals surface area (Å²) in [7, 11) is 0. The monoisotopic (exact) mass is 287 g/mol. The van der Waals surface area contributed by atoms with Gasteiger partial charge in [0, 0.05) is 31.4 Å². The number of nitrogen functional groups attached to an aromatic ring is 1. The molecule has 2 aliphatic heterocycles. The topological polar surface area (TPSA) is 69.2 Å². The molecule has 3 N–H and O–H groups in total. The molecular formula is C16H25N5. The van der Waals surface area contributed by atoms with E-state index in [0.717, 1.165) is 35.7 Å². The molecule has 2 aliphatic rings. The van der Waals surface area contributed by atoms with Crippen molar-refractivity contribution in [3.05, 3.63) is 23.0 Å². The van der Waals surface area contributed by atoms with Crippen LogP contribution in [0.3, 0.4) is 0 Å². The average molecular weight is 287 g/mol. The van der Waals surface area contributed by atoms with E-state index < -0.39 is 0 Å². The molecule has 2 fully saturated rings. The summed E-state index contributed by atoms with van der Waals surface area (Å²) in [6.07, 6.45) is 3.77.